The van der Waals surface area contributed by atoms with Crippen LogP contribution in [-0.2, 0) is 90.5 Å². The van der Waals surface area contributed by atoms with Gasteiger partial charge < -0.3 is 66.7 Å². The first-order valence-corrected chi connectivity index (χ1v) is 18.1. The first-order chi connectivity index (χ1) is 28.1. The highest BCUT2D eigenvalue weighted by Gasteiger charge is 2.55. The molecule has 1 N–H and O–H groups in total. The van der Waals surface area contributed by atoms with Crippen molar-refractivity contribution in [1.29, 1.82) is 0 Å². The van der Waals surface area contributed by atoms with Gasteiger partial charge in [0.1, 0.15) is 25.4 Å². The molecule has 0 aliphatic carbocycles. The van der Waals surface area contributed by atoms with Crippen LogP contribution >= 0.6 is 0 Å². The molecule has 0 aromatic heterocycles. The number of ether oxygens (including phenoxy) is 13. The Morgan fingerprint density at radius 3 is 1.10 bits per heavy atom. The molecule has 2 heterocycles. The monoisotopic (exact) mass is 858 g/mol. The summed E-state index contributed by atoms with van der Waals surface area (Å²) >= 11 is 0. The molecule has 10 atom stereocenters. The first-order valence-electron chi connectivity index (χ1n) is 18.1. The van der Waals surface area contributed by atoms with Gasteiger partial charge in [-0.15, -0.1) is 0 Å². The maximum atomic E-state index is 13.2. The first kappa shape index (κ1) is 48.1. The summed E-state index contributed by atoms with van der Waals surface area (Å²) in [6.45, 7) is 8.18. The SMILES string of the molecule is CCOC(=O)c1cc(OC2O[C@H](COC(C)=O)[C@@H](OC(C)=O)[C@H](OC(C)=O)[C@H]2OC(C)=O)c(O)c(OC2O[C@H](COC(C)=O)[C@@H](OC(C)=O)[C@H](OC(C)=O)[C@H]2OC(C)=O)c1. The summed E-state index contributed by atoms with van der Waals surface area (Å²) in [5.74, 6) is -10.6. The number of phenols is 1. The average Bonchev–Trinajstić information content (AvgIpc) is 3.12. The maximum Gasteiger partial charge on any atom is 0.338 e. The van der Waals surface area contributed by atoms with Crippen LogP contribution in [0.4, 0.5) is 0 Å². The Balaban J connectivity index is 2.24. The molecule has 0 bridgehead atoms. The predicted octanol–water partition coefficient (Wildman–Crippen LogP) is 0.493. The number of hydrogen-bond donors (Lipinski definition) is 1. The summed E-state index contributed by atoms with van der Waals surface area (Å²) in [7, 11) is 0. The normalized spacial score (nSPS) is 25.8. The number of carbonyl (C=O) groups is 9. The summed E-state index contributed by atoms with van der Waals surface area (Å²) in [4.78, 5) is 111. The van der Waals surface area contributed by atoms with Gasteiger partial charge in [0.15, 0.2) is 35.9 Å². The van der Waals surface area contributed by atoms with E-state index in [2.05, 4.69) is 0 Å². The minimum Gasteiger partial charge on any atom is -0.502 e. The molecule has 2 aliphatic heterocycles. The second-order valence-corrected chi connectivity index (χ2v) is 12.9. The standard InChI is InChI=1S/C37H46O23/c1-10-48-35(47)23-11-24(57-36-33(55-21(8)44)31(53-19(6)42)29(51-17(4)40)26(59-36)13-49-15(2)38)28(46)25(12-23)58-37-34(56-22(9)45)32(54-20(7)43)30(52-18(5)41)27(60-37)14-50-16(3)39/h11-12,26-27,29-34,36-37,46H,10,13-14H2,1-9H3/t26-,27-,29-,30-,31+,32+,33-,34-,36?,37?/m1/s1. The number of hydrogen-bond acceptors (Lipinski definition) is 23. The summed E-state index contributed by atoms with van der Waals surface area (Å²) in [6.07, 6.45) is -16.9. The molecule has 2 saturated heterocycles. The van der Waals surface area contributed by atoms with Crippen molar-refractivity contribution in [2.75, 3.05) is 19.8 Å². The fourth-order valence-electron chi connectivity index (χ4n) is 5.91. The number of benzene rings is 1. The van der Waals surface area contributed by atoms with Crippen LogP contribution in [0, 0.1) is 0 Å². The van der Waals surface area contributed by atoms with Gasteiger partial charge in [-0.3, -0.25) is 38.4 Å². The van der Waals surface area contributed by atoms with Crippen molar-refractivity contribution in [3.63, 3.8) is 0 Å². The minimum absolute atomic E-state index is 0.147. The van der Waals surface area contributed by atoms with Crippen molar-refractivity contribution < 1.29 is 110 Å². The second kappa shape index (κ2) is 21.7. The quantitative estimate of drug-likeness (QED) is 0.175. The third kappa shape index (κ3) is 13.7. The van der Waals surface area contributed by atoms with Crippen molar-refractivity contribution in [3.8, 4) is 17.2 Å². The van der Waals surface area contributed by atoms with E-state index in [4.69, 9.17) is 61.6 Å². The van der Waals surface area contributed by atoms with Gasteiger partial charge in [-0.05, 0) is 19.1 Å². The van der Waals surface area contributed by atoms with Crippen molar-refractivity contribution >= 4 is 53.7 Å². The topological polar surface area (TPSA) is 294 Å². The van der Waals surface area contributed by atoms with Crippen molar-refractivity contribution in [2.45, 2.75) is 124 Å². The molecule has 1 aromatic carbocycles. The molecule has 23 nitrogen and oxygen atoms in total. The van der Waals surface area contributed by atoms with Crippen LogP contribution in [0.1, 0.15) is 72.7 Å². The van der Waals surface area contributed by atoms with E-state index in [9.17, 15) is 48.3 Å². The van der Waals surface area contributed by atoms with E-state index < -0.39 is 146 Å². The Bertz CT molecular complexity index is 1670. The molecule has 2 aliphatic rings. The number of esters is 9. The molecule has 332 valence electrons. The summed E-state index contributed by atoms with van der Waals surface area (Å²) in [5.41, 5.74) is -0.379. The zero-order valence-electron chi connectivity index (χ0n) is 34.0. The molecular formula is C37H46O23. The number of carbonyl (C=O) groups excluding carboxylic acids is 9. The molecule has 0 spiro atoms. The lowest BCUT2D eigenvalue weighted by atomic mass is 9.98. The number of phenolic OH excluding ortho intramolecular Hbond substituents is 1. The second-order valence-electron chi connectivity index (χ2n) is 12.9. The number of rotatable bonds is 16. The lowest BCUT2D eigenvalue weighted by Crippen LogP contribution is -2.63. The molecular weight excluding hydrogens is 812 g/mol. The van der Waals surface area contributed by atoms with E-state index in [1.807, 2.05) is 0 Å². The summed E-state index contributed by atoms with van der Waals surface area (Å²) in [6, 6.07) is 1.89. The highest BCUT2D eigenvalue weighted by Crippen LogP contribution is 2.42. The van der Waals surface area contributed by atoms with Gasteiger partial charge in [0.2, 0.25) is 30.5 Å². The zero-order valence-corrected chi connectivity index (χ0v) is 34.0. The molecule has 60 heavy (non-hydrogen) atoms. The van der Waals surface area contributed by atoms with Gasteiger partial charge in [0, 0.05) is 55.4 Å². The lowest BCUT2D eigenvalue weighted by molar-refractivity contribution is -0.289. The summed E-state index contributed by atoms with van der Waals surface area (Å²) < 4.78 is 71.6. The van der Waals surface area contributed by atoms with Crippen LogP contribution in [0.15, 0.2) is 12.1 Å². The molecule has 23 heteroatoms. The van der Waals surface area contributed by atoms with Crippen LogP contribution in [0.2, 0.25) is 0 Å². The fraction of sp³-hybridized carbons (Fsp3) is 0.595. The third-order valence-electron chi connectivity index (χ3n) is 7.93. The Morgan fingerprint density at radius 2 is 0.800 bits per heavy atom. The average molecular weight is 859 g/mol. The fourth-order valence-corrected chi connectivity index (χ4v) is 5.91. The van der Waals surface area contributed by atoms with Crippen molar-refractivity contribution in [2.24, 2.45) is 0 Å². The van der Waals surface area contributed by atoms with Gasteiger partial charge in [-0.25, -0.2) is 4.79 Å². The lowest BCUT2D eigenvalue weighted by Gasteiger charge is -2.44. The number of aromatic hydroxyl groups is 1. The Kier molecular flexibility index (Phi) is 17.4. The van der Waals surface area contributed by atoms with Gasteiger partial charge >= 0.3 is 53.7 Å². The van der Waals surface area contributed by atoms with E-state index >= 15 is 0 Å². The van der Waals surface area contributed by atoms with Crippen LogP contribution in [0.25, 0.3) is 0 Å². The molecule has 2 fully saturated rings. The van der Waals surface area contributed by atoms with Gasteiger partial charge in [-0.2, -0.15) is 0 Å². The third-order valence-corrected chi connectivity index (χ3v) is 7.93. The maximum absolute atomic E-state index is 13.2. The Morgan fingerprint density at radius 1 is 0.483 bits per heavy atom. The van der Waals surface area contributed by atoms with Crippen LogP contribution < -0.4 is 9.47 Å². The minimum atomic E-state index is -1.92. The summed E-state index contributed by atoms with van der Waals surface area (Å²) in [5, 5.41) is 11.7. The van der Waals surface area contributed by atoms with E-state index in [-0.39, 0.29) is 12.2 Å². The Labute approximate surface area is 341 Å². The van der Waals surface area contributed by atoms with Crippen molar-refractivity contribution in [1.82, 2.24) is 0 Å². The molecule has 2 unspecified atom stereocenters. The highest BCUT2D eigenvalue weighted by atomic mass is 16.8. The largest absolute Gasteiger partial charge is 0.502 e. The van der Waals surface area contributed by atoms with Crippen LogP contribution in [-0.4, -0.2) is 140 Å². The van der Waals surface area contributed by atoms with Gasteiger partial charge in [0.25, 0.3) is 0 Å². The highest BCUT2D eigenvalue weighted by molar-refractivity contribution is 5.91. The van der Waals surface area contributed by atoms with Gasteiger partial charge in [-0.1, -0.05) is 0 Å². The smallest absolute Gasteiger partial charge is 0.338 e. The van der Waals surface area contributed by atoms with Crippen LogP contribution in [0.3, 0.4) is 0 Å². The molecule has 3 rings (SSSR count). The van der Waals surface area contributed by atoms with Crippen molar-refractivity contribution in [3.05, 3.63) is 17.7 Å². The zero-order chi connectivity index (χ0) is 45.0. The predicted molar refractivity (Wildman–Crippen MR) is 189 cm³/mol. The van der Waals surface area contributed by atoms with E-state index in [1.54, 1.807) is 0 Å². The van der Waals surface area contributed by atoms with Crippen LogP contribution in [0.5, 0.6) is 17.2 Å². The van der Waals surface area contributed by atoms with Gasteiger partial charge in [0.05, 0.1) is 12.2 Å². The molecule has 1 aromatic rings. The van der Waals surface area contributed by atoms with E-state index in [0.29, 0.717) is 0 Å². The van der Waals surface area contributed by atoms with E-state index in [0.717, 1.165) is 67.5 Å². The molecule has 0 radical (unpaired) electrons. The Hall–Kier alpha value is -6.23. The van der Waals surface area contributed by atoms with E-state index in [1.165, 1.54) is 6.92 Å². The molecule has 0 saturated carbocycles. The molecule has 0 amide bonds.